The van der Waals surface area contributed by atoms with Crippen molar-refractivity contribution < 1.29 is 18.5 Å². The third-order valence-electron chi connectivity index (χ3n) is 1.87. The lowest BCUT2D eigenvalue weighted by Crippen LogP contribution is -2.33. The van der Waals surface area contributed by atoms with Crippen molar-refractivity contribution in [2.75, 3.05) is 7.11 Å². The first-order valence-electron chi connectivity index (χ1n) is 4.57. The van der Waals surface area contributed by atoms with Crippen LogP contribution in [0, 0.1) is 0 Å². The van der Waals surface area contributed by atoms with Gasteiger partial charge in [0.15, 0.2) is 0 Å². The van der Waals surface area contributed by atoms with Gasteiger partial charge in [0.05, 0.1) is 5.60 Å². The number of hydrogen-bond donors (Lipinski definition) is 2. The third-order valence-corrected chi connectivity index (χ3v) is 3.06. The minimum atomic E-state index is -3.92. The van der Waals surface area contributed by atoms with Crippen LogP contribution in [0.15, 0.2) is 0 Å². The van der Waals surface area contributed by atoms with Crippen molar-refractivity contribution in [2.45, 2.75) is 45.3 Å². The maximum atomic E-state index is 11.1. The van der Waals surface area contributed by atoms with Crippen LogP contribution in [0.3, 0.4) is 0 Å². The summed E-state index contributed by atoms with van der Waals surface area (Å²) in [6, 6.07) is -0.0399. The lowest BCUT2D eigenvalue weighted by Gasteiger charge is -2.28. The van der Waals surface area contributed by atoms with E-state index >= 15 is 0 Å². The molecule has 0 heterocycles. The Balaban J connectivity index is 4.27. The van der Waals surface area contributed by atoms with Crippen LogP contribution >= 0.6 is 7.82 Å². The Hall–Kier alpha value is 0.0700. The lowest BCUT2D eigenvalue weighted by atomic mass is 9.98. The lowest BCUT2D eigenvalue weighted by molar-refractivity contribution is 0.0448. The normalized spacial score (nSPS) is 19.0. The molecule has 0 saturated heterocycles. The van der Waals surface area contributed by atoms with Crippen LogP contribution in [0.2, 0.25) is 0 Å². The topological polar surface area (TPSA) is 81.8 Å². The van der Waals surface area contributed by atoms with Crippen molar-refractivity contribution in [3.63, 3.8) is 0 Å². The fourth-order valence-corrected chi connectivity index (χ4v) is 1.94. The van der Waals surface area contributed by atoms with Crippen LogP contribution in [0.5, 0.6) is 0 Å². The zero-order valence-electron chi connectivity index (χ0n) is 9.19. The molecule has 0 bridgehead atoms. The molecule has 0 aliphatic heterocycles. The van der Waals surface area contributed by atoms with Gasteiger partial charge in [-0.15, -0.1) is 0 Å². The predicted octanol–water partition coefficient (Wildman–Crippen LogP) is 1.66. The van der Waals surface area contributed by atoms with Gasteiger partial charge in [-0.05, 0) is 26.7 Å². The molecule has 6 heteroatoms. The molecule has 0 fully saturated rings. The molecule has 0 amide bonds. The Kier molecular flexibility index (Phi) is 5.26. The van der Waals surface area contributed by atoms with Gasteiger partial charge >= 0.3 is 7.82 Å². The molecule has 0 aromatic carbocycles. The van der Waals surface area contributed by atoms with Crippen LogP contribution in [0.25, 0.3) is 0 Å². The molecule has 5 nitrogen and oxygen atoms in total. The smallest absolute Gasteiger partial charge is 0.328 e. The molecule has 86 valence electrons. The predicted molar refractivity (Wildman–Crippen MR) is 54.9 cm³/mol. The van der Waals surface area contributed by atoms with Crippen molar-refractivity contribution in [2.24, 2.45) is 5.73 Å². The van der Waals surface area contributed by atoms with E-state index in [-0.39, 0.29) is 6.04 Å². The zero-order valence-corrected chi connectivity index (χ0v) is 10.1. The van der Waals surface area contributed by atoms with Crippen LogP contribution in [0.4, 0.5) is 0 Å². The van der Waals surface area contributed by atoms with E-state index < -0.39 is 13.4 Å². The monoisotopic (exact) mass is 225 g/mol. The Morgan fingerprint density at radius 2 is 2.07 bits per heavy atom. The van der Waals surface area contributed by atoms with Crippen molar-refractivity contribution in [1.29, 1.82) is 0 Å². The summed E-state index contributed by atoms with van der Waals surface area (Å²) in [5.74, 6) is 0. The highest BCUT2D eigenvalue weighted by Gasteiger charge is 2.31. The average molecular weight is 225 g/mol. The Bertz CT molecular complexity index is 219. The van der Waals surface area contributed by atoms with E-state index in [2.05, 4.69) is 4.52 Å². The summed E-state index contributed by atoms with van der Waals surface area (Å²) in [6.45, 7) is 5.38. The molecule has 0 radical (unpaired) electrons. The summed E-state index contributed by atoms with van der Waals surface area (Å²) < 4.78 is 20.4. The number of hydrogen-bond acceptors (Lipinski definition) is 4. The summed E-state index contributed by atoms with van der Waals surface area (Å²) in [5, 5.41) is 0. The number of rotatable bonds is 6. The maximum Gasteiger partial charge on any atom is 0.472 e. The first kappa shape index (κ1) is 14.1. The van der Waals surface area contributed by atoms with Crippen molar-refractivity contribution in [3.8, 4) is 0 Å². The number of nitrogens with two attached hydrogens (primary N) is 1. The van der Waals surface area contributed by atoms with E-state index in [1.54, 1.807) is 13.8 Å². The van der Waals surface area contributed by atoms with Gasteiger partial charge in [0, 0.05) is 13.2 Å². The molecule has 0 saturated carbocycles. The molecular formula is C8H20NO4P. The van der Waals surface area contributed by atoms with E-state index in [9.17, 15) is 4.57 Å². The summed E-state index contributed by atoms with van der Waals surface area (Å²) >= 11 is 0. The van der Waals surface area contributed by atoms with Crippen molar-refractivity contribution in [3.05, 3.63) is 0 Å². The summed E-state index contributed by atoms with van der Waals surface area (Å²) in [6.07, 6.45) is 1.31. The highest BCUT2D eigenvalue weighted by Crippen LogP contribution is 2.47. The highest BCUT2D eigenvalue weighted by molar-refractivity contribution is 7.47. The fourth-order valence-electron chi connectivity index (χ4n) is 1.16. The average Bonchev–Trinajstić information content (AvgIpc) is 2.01. The number of phosphoric acid groups is 1. The van der Waals surface area contributed by atoms with E-state index in [1.807, 2.05) is 6.92 Å². The standard InChI is InChI=1S/C8H20NO4P/c1-5-7(9)6-8(2,3)13-14(10,11)12-4/h7H,5-6,9H2,1-4H3,(H,10,11). The maximum absolute atomic E-state index is 11.1. The molecule has 0 spiro atoms. The van der Waals surface area contributed by atoms with E-state index in [0.29, 0.717) is 6.42 Å². The third kappa shape index (κ3) is 5.73. The van der Waals surface area contributed by atoms with Crippen LogP contribution in [0.1, 0.15) is 33.6 Å². The van der Waals surface area contributed by atoms with E-state index in [4.69, 9.17) is 15.2 Å². The fraction of sp³-hybridized carbons (Fsp3) is 1.00. The summed E-state index contributed by atoms with van der Waals surface area (Å²) in [4.78, 5) is 9.11. The summed E-state index contributed by atoms with van der Waals surface area (Å²) in [5.41, 5.74) is 4.97. The van der Waals surface area contributed by atoms with E-state index in [1.165, 1.54) is 0 Å². The minimum absolute atomic E-state index is 0.0399. The molecule has 0 aliphatic rings. The Labute approximate surface area is 85.2 Å². The van der Waals surface area contributed by atoms with Gasteiger partial charge in [-0.25, -0.2) is 4.57 Å². The van der Waals surface area contributed by atoms with Crippen molar-refractivity contribution in [1.82, 2.24) is 0 Å². The molecule has 3 N–H and O–H groups in total. The first-order valence-corrected chi connectivity index (χ1v) is 6.07. The molecular weight excluding hydrogens is 205 g/mol. The quantitative estimate of drug-likeness (QED) is 0.672. The zero-order chi connectivity index (χ0) is 11.4. The van der Waals surface area contributed by atoms with Gasteiger partial charge in [0.2, 0.25) is 0 Å². The van der Waals surface area contributed by atoms with Gasteiger partial charge in [0.1, 0.15) is 0 Å². The highest BCUT2D eigenvalue weighted by atomic mass is 31.2. The number of phosphoric ester groups is 1. The van der Waals surface area contributed by atoms with Gasteiger partial charge in [-0.2, -0.15) is 0 Å². The summed E-state index contributed by atoms with van der Waals surface area (Å²) in [7, 11) is -2.78. The molecule has 0 aromatic rings. The Morgan fingerprint density at radius 1 is 1.57 bits per heavy atom. The van der Waals surface area contributed by atoms with Crippen LogP contribution in [-0.2, 0) is 13.6 Å². The second-order valence-electron chi connectivity index (χ2n) is 3.87. The van der Waals surface area contributed by atoms with E-state index in [0.717, 1.165) is 13.5 Å². The van der Waals surface area contributed by atoms with Gasteiger partial charge in [-0.1, -0.05) is 6.92 Å². The molecule has 0 aliphatic carbocycles. The first-order chi connectivity index (χ1) is 6.22. The molecule has 2 unspecified atom stereocenters. The van der Waals surface area contributed by atoms with Gasteiger partial charge in [0.25, 0.3) is 0 Å². The van der Waals surface area contributed by atoms with Crippen LogP contribution in [-0.4, -0.2) is 23.6 Å². The van der Waals surface area contributed by atoms with Gasteiger partial charge < -0.3 is 10.6 Å². The molecule has 2 atom stereocenters. The van der Waals surface area contributed by atoms with Crippen LogP contribution < -0.4 is 5.73 Å². The largest absolute Gasteiger partial charge is 0.472 e. The van der Waals surface area contributed by atoms with Crippen molar-refractivity contribution >= 4 is 7.82 Å². The second-order valence-corrected chi connectivity index (χ2v) is 5.36. The molecule has 0 aromatic heterocycles. The molecule has 0 rings (SSSR count). The van der Waals surface area contributed by atoms with Gasteiger partial charge in [-0.3, -0.25) is 9.05 Å². The Morgan fingerprint density at radius 3 is 2.43 bits per heavy atom. The molecule has 14 heavy (non-hydrogen) atoms. The second kappa shape index (κ2) is 5.24. The SMILES string of the molecule is CCC(N)CC(C)(C)OP(=O)(O)OC. The minimum Gasteiger partial charge on any atom is -0.328 e.